The minimum atomic E-state index is -0.411. The topological polar surface area (TPSA) is 42.5 Å². The zero-order valence-electron chi connectivity index (χ0n) is 41.6. The summed E-state index contributed by atoms with van der Waals surface area (Å²) >= 11 is 0. The fourth-order valence-corrected chi connectivity index (χ4v) is 13.4. The minimum absolute atomic E-state index is 0.246. The van der Waals surface area contributed by atoms with Crippen LogP contribution in [0.5, 0.6) is 0 Å². The molecule has 4 nitrogen and oxygen atoms in total. The molecule has 0 saturated heterocycles. The summed E-state index contributed by atoms with van der Waals surface area (Å²) in [7, 11) is 0. The van der Waals surface area contributed by atoms with Gasteiger partial charge in [-0.3, -0.25) is 4.99 Å². The maximum atomic E-state index is 6.70. The summed E-state index contributed by atoms with van der Waals surface area (Å²) in [6, 6.07) is 93.0. The monoisotopic (exact) mass is 969 g/mol. The quantitative estimate of drug-likeness (QED) is 0.180. The first-order valence-electron chi connectivity index (χ1n) is 26.3. The summed E-state index contributed by atoms with van der Waals surface area (Å²) in [6.07, 6.45) is 0. The number of aromatic nitrogens is 1. The molecule has 3 aliphatic rings. The predicted octanol–water partition coefficient (Wildman–Crippen LogP) is 17.9. The van der Waals surface area contributed by atoms with Crippen LogP contribution in [-0.4, -0.2) is 10.4 Å². The number of aliphatic imine (C=N–C) groups is 1. The molecule has 1 aliphatic heterocycles. The molecule has 1 N–H and O–H groups in total. The molecule has 0 saturated carbocycles. The van der Waals surface area contributed by atoms with Crippen molar-refractivity contribution in [2.45, 2.75) is 18.4 Å². The first-order valence-corrected chi connectivity index (χ1v) is 26.3. The van der Waals surface area contributed by atoms with Gasteiger partial charge in [0, 0.05) is 38.5 Å². The van der Waals surface area contributed by atoms with Crippen LogP contribution in [0, 0.1) is 0 Å². The zero-order chi connectivity index (χ0) is 50.1. The average Bonchev–Trinajstić information content (AvgIpc) is 4.39. The van der Waals surface area contributed by atoms with E-state index in [0.29, 0.717) is 0 Å². The van der Waals surface area contributed by atoms with Crippen LogP contribution in [0.15, 0.2) is 270 Å². The Bertz CT molecular complexity index is 4570. The van der Waals surface area contributed by atoms with Crippen molar-refractivity contribution in [1.82, 2.24) is 9.88 Å². The molecule has 13 aromatic rings. The van der Waals surface area contributed by atoms with Crippen molar-refractivity contribution < 1.29 is 4.42 Å². The van der Waals surface area contributed by atoms with Crippen LogP contribution in [-0.2, 0) is 5.41 Å². The van der Waals surface area contributed by atoms with Crippen LogP contribution in [0.1, 0.15) is 51.9 Å². The van der Waals surface area contributed by atoms with Crippen molar-refractivity contribution in [2.24, 2.45) is 4.99 Å². The lowest BCUT2D eigenvalue weighted by molar-refractivity contribution is 0.668. The standard InChI is InChI=1S/C72H47N3O/c1-44-69(45-19-5-2-6-20-45)73-71(46-21-7-3-8-22-46)74-70(44)55-29-18-34-66-68(55)58-42-48(37-40-65(58)76-66)47-35-38-63-56(41-47)57-43-49(36-39-64(57)75(63)50-23-9-4-10-24-50)51-28-17-33-62-67(51)54-27-13-16-32-61(54)72(62)59-30-14-11-25-52(59)53-26-12-15-31-60(53)72/h2-43,70H,1H3,(H,73,74). The molecule has 2 aromatic heterocycles. The van der Waals surface area contributed by atoms with Crippen molar-refractivity contribution in [2.75, 3.05) is 0 Å². The van der Waals surface area contributed by atoms with Gasteiger partial charge in [-0.2, -0.15) is 0 Å². The summed E-state index contributed by atoms with van der Waals surface area (Å²) in [4.78, 5) is 5.49. The van der Waals surface area contributed by atoms with Crippen LogP contribution >= 0.6 is 0 Å². The second-order valence-corrected chi connectivity index (χ2v) is 20.6. The molecule has 16 rings (SSSR count). The summed E-state index contributed by atoms with van der Waals surface area (Å²) < 4.78 is 9.13. The Morgan fingerprint density at radius 3 is 1.64 bits per heavy atom. The summed E-state index contributed by atoms with van der Waals surface area (Å²) in [5.41, 5.74) is 25.6. The Morgan fingerprint density at radius 2 is 0.947 bits per heavy atom. The van der Waals surface area contributed by atoms with Gasteiger partial charge in [-0.25, -0.2) is 0 Å². The van der Waals surface area contributed by atoms with Crippen LogP contribution in [0.3, 0.4) is 0 Å². The minimum Gasteiger partial charge on any atom is -0.456 e. The fourth-order valence-electron chi connectivity index (χ4n) is 13.4. The zero-order valence-corrected chi connectivity index (χ0v) is 41.6. The molecule has 0 radical (unpaired) electrons. The number of furan rings is 1. The molecule has 76 heavy (non-hydrogen) atoms. The predicted molar refractivity (Wildman–Crippen MR) is 313 cm³/mol. The molecule has 356 valence electrons. The molecule has 0 amide bonds. The maximum absolute atomic E-state index is 6.70. The van der Waals surface area contributed by atoms with Gasteiger partial charge in [-0.05, 0) is 145 Å². The van der Waals surface area contributed by atoms with Gasteiger partial charge in [-0.15, -0.1) is 0 Å². The molecule has 2 aliphatic carbocycles. The first-order chi connectivity index (χ1) is 37.6. The Hall–Kier alpha value is -9.77. The molecule has 0 fully saturated rings. The lowest BCUT2D eigenvalue weighted by Crippen LogP contribution is -2.29. The van der Waals surface area contributed by atoms with Gasteiger partial charge in [0.1, 0.15) is 23.0 Å². The Morgan fingerprint density at radius 1 is 0.421 bits per heavy atom. The van der Waals surface area contributed by atoms with E-state index in [2.05, 4.69) is 266 Å². The van der Waals surface area contributed by atoms with E-state index in [9.17, 15) is 0 Å². The number of rotatable bonds is 6. The van der Waals surface area contributed by atoms with E-state index >= 15 is 0 Å². The number of hydrogen-bond donors (Lipinski definition) is 1. The number of nitrogens with zero attached hydrogens (tertiary/aromatic N) is 2. The number of benzene rings is 11. The van der Waals surface area contributed by atoms with Gasteiger partial charge in [0.2, 0.25) is 0 Å². The van der Waals surface area contributed by atoms with E-state index in [1.807, 2.05) is 6.07 Å². The number of para-hydroxylation sites is 1. The Labute approximate surface area is 440 Å². The van der Waals surface area contributed by atoms with E-state index in [1.54, 1.807) is 0 Å². The first kappa shape index (κ1) is 42.7. The summed E-state index contributed by atoms with van der Waals surface area (Å²) in [6.45, 7) is 2.21. The summed E-state index contributed by atoms with van der Waals surface area (Å²) in [5.74, 6) is 0.849. The maximum Gasteiger partial charge on any atom is 0.135 e. The van der Waals surface area contributed by atoms with Gasteiger partial charge in [0.15, 0.2) is 0 Å². The van der Waals surface area contributed by atoms with E-state index < -0.39 is 5.41 Å². The Balaban J connectivity index is 0.876. The molecular formula is C72H47N3O. The van der Waals surface area contributed by atoms with Crippen LogP contribution in [0.2, 0.25) is 0 Å². The van der Waals surface area contributed by atoms with Crippen LogP contribution in [0.25, 0.3) is 99.6 Å². The molecule has 3 heterocycles. The number of fused-ring (bicyclic) bond motifs is 16. The third-order valence-electron chi connectivity index (χ3n) is 16.7. The molecule has 1 atom stereocenters. The summed E-state index contributed by atoms with van der Waals surface area (Å²) in [5, 5.41) is 8.30. The second-order valence-electron chi connectivity index (χ2n) is 20.6. The fraction of sp³-hybridized carbons (Fsp3) is 0.0417. The van der Waals surface area contributed by atoms with Crippen LogP contribution in [0.4, 0.5) is 0 Å². The van der Waals surface area contributed by atoms with Crippen molar-refractivity contribution >= 4 is 55.3 Å². The lowest BCUT2D eigenvalue weighted by atomic mass is 9.70. The molecular weight excluding hydrogens is 923 g/mol. The van der Waals surface area contributed by atoms with E-state index in [1.165, 1.54) is 71.9 Å². The number of nitrogens with one attached hydrogen (secondary N) is 1. The van der Waals surface area contributed by atoms with Crippen molar-refractivity contribution in [3.8, 4) is 50.2 Å². The molecule has 0 bridgehead atoms. The molecule has 11 aromatic carbocycles. The van der Waals surface area contributed by atoms with E-state index in [4.69, 9.17) is 9.41 Å². The molecule has 1 unspecified atom stereocenters. The lowest BCUT2D eigenvalue weighted by Gasteiger charge is -2.30. The largest absolute Gasteiger partial charge is 0.456 e. The smallest absolute Gasteiger partial charge is 0.135 e. The highest BCUT2D eigenvalue weighted by Crippen LogP contribution is 2.64. The highest BCUT2D eigenvalue weighted by molar-refractivity contribution is 6.14. The molecule has 4 heteroatoms. The van der Waals surface area contributed by atoms with Gasteiger partial charge >= 0.3 is 0 Å². The highest BCUT2D eigenvalue weighted by atomic mass is 16.3. The van der Waals surface area contributed by atoms with Crippen molar-refractivity contribution in [1.29, 1.82) is 0 Å². The SMILES string of the molecule is CC1=C(c2ccccc2)NC(c2ccccc2)=NC1c1cccc2oc3ccc(-c4ccc5c(c4)c4cc(-c6cccc7c6-c6ccccc6C76c7ccccc7-c7ccccc76)ccc4n5-c4ccccc4)cc3c12. The van der Waals surface area contributed by atoms with E-state index in [-0.39, 0.29) is 6.04 Å². The van der Waals surface area contributed by atoms with Gasteiger partial charge in [0.25, 0.3) is 0 Å². The third kappa shape index (κ3) is 6.04. The number of hydrogen-bond acceptors (Lipinski definition) is 3. The Kier molecular flexibility index (Phi) is 9.20. The van der Waals surface area contributed by atoms with Gasteiger partial charge in [0.05, 0.1) is 16.4 Å². The van der Waals surface area contributed by atoms with Gasteiger partial charge < -0.3 is 14.3 Å². The molecule has 1 spiro atoms. The third-order valence-corrected chi connectivity index (χ3v) is 16.7. The second kappa shape index (κ2) is 16.4. The normalized spacial score (nSPS) is 15.0. The average molecular weight is 970 g/mol. The van der Waals surface area contributed by atoms with Gasteiger partial charge in [-0.1, -0.05) is 200 Å². The van der Waals surface area contributed by atoms with E-state index in [0.717, 1.165) is 78.1 Å². The number of amidine groups is 1. The van der Waals surface area contributed by atoms with Crippen molar-refractivity contribution in [3.05, 3.63) is 299 Å². The van der Waals surface area contributed by atoms with Crippen LogP contribution < -0.4 is 5.32 Å². The van der Waals surface area contributed by atoms with Crippen molar-refractivity contribution in [3.63, 3.8) is 0 Å². The highest BCUT2D eigenvalue weighted by Gasteiger charge is 2.52.